The Bertz CT molecular complexity index is 1730. The van der Waals surface area contributed by atoms with E-state index < -0.39 is 27.6 Å². The second kappa shape index (κ2) is 13.7. The molecule has 264 valence electrons. The van der Waals surface area contributed by atoms with Gasteiger partial charge in [0.05, 0.1) is 23.8 Å². The van der Waals surface area contributed by atoms with Gasteiger partial charge in [-0.3, -0.25) is 4.79 Å². The summed E-state index contributed by atoms with van der Waals surface area (Å²) in [4.78, 5) is 30.5. The normalized spacial score (nSPS) is 29.4. The molecular formula is C35H42ClN3O9S. The van der Waals surface area contributed by atoms with E-state index in [0.29, 0.717) is 49.2 Å². The van der Waals surface area contributed by atoms with Crippen LogP contribution < -0.4 is 14.4 Å². The van der Waals surface area contributed by atoms with Gasteiger partial charge >= 0.3 is 6.09 Å². The number of hydrogen-bond donors (Lipinski definition) is 1. The summed E-state index contributed by atoms with van der Waals surface area (Å²) >= 11 is 6.32. The van der Waals surface area contributed by atoms with E-state index in [1.807, 2.05) is 34.1 Å². The lowest BCUT2D eigenvalue weighted by atomic mass is 9.64. The average Bonchev–Trinajstić information content (AvgIpc) is 3.08. The number of amides is 2. The van der Waals surface area contributed by atoms with Crippen molar-refractivity contribution < 1.29 is 41.7 Å². The van der Waals surface area contributed by atoms with Crippen molar-refractivity contribution in [1.82, 2.24) is 9.62 Å². The van der Waals surface area contributed by atoms with Crippen LogP contribution in [0.1, 0.15) is 44.2 Å². The number of hydrogen-bond acceptors (Lipinski definition) is 10. The molecule has 2 saturated heterocycles. The van der Waals surface area contributed by atoms with Gasteiger partial charge in [-0.2, -0.15) is 0 Å². The number of fused-ring (bicyclic) bond motifs is 2. The molecule has 4 atom stereocenters. The van der Waals surface area contributed by atoms with Gasteiger partial charge in [0.25, 0.3) is 15.9 Å². The fourth-order valence-corrected chi connectivity index (χ4v) is 8.82. The van der Waals surface area contributed by atoms with Crippen molar-refractivity contribution >= 4 is 39.3 Å². The van der Waals surface area contributed by atoms with Crippen molar-refractivity contribution in [3.63, 3.8) is 0 Å². The van der Waals surface area contributed by atoms with Gasteiger partial charge in [-0.25, -0.2) is 17.9 Å². The number of sulfonamides is 1. The minimum absolute atomic E-state index is 0.0179. The second-order valence-corrected chi connectivity index (χ2v) is 15.9. The Morgan fingerprint density at radius 2 is 1.82 bits per heavy atom. The second-order valence-electron chi connectivity index (χ2n) is 13.8. The van der Waals surface area contributed by atoms with E-state index in [4.69, 9.17) is 35.3 Å². The average molecular weight is 716 g/mol. The van der Waals surface area contributed by atoms with Crippen LogP contribution >= 0.6 is 11.6 Å². The molecule has 1 unspecified atom stereocenters. The molecule has 0 spiro atoms. The van der Waals surface area contributed by atoms with Crippen LogP contribution in [0.2, 0.25) is 5.02 Å². The summed E-state index contributed by atoms with van der Waals surface area (Å²) in [7, 11) is -4.29. The first kappa shape index (κ1) is 34.1. The smallest absolute Gasteiger partial charge is 0.410 e. The highest BCUT2D eigenvalue weighted by Crippen LogP contribution is 2.48. The van der Waals surface area contributed by atoms with E-state index in [2.05, 4.69) is 4.72 Å². The molecule has 14 heteroatoms. The van der Waals surface area contributed by atoms with Gasteiger partial charge in [0.15, 0.2) is 0 Å². The summed E-state index contributed by atoms with van der Waals surface area (Å²) in [5.41, 5.74) is 0.992. The monoisotopic (exact) mass is 715 g/mol. The Morgan fingerprint density at radius 3 is 2.63 bits per heavy atom. The van der Waals surface area contributed by atoms with Gasteiger partial charge in [0, 0.05) is 42.8 Å². The van der Waals surface area contributed by atoms with Gasteiger partial charge in [0.2, 0.25) is 0 Å². The van der Waals surface area contributed by atoms with Crippen molar-refractivity contribution in [3.05, 3.63) is 64.7 Å². The van der Waals surface area contributed by atoms with Crippen LogP contribution in [-0.4, -0.2) is 88.8 Å². The molecule has 0 aromatic heterocycles. The zero-order chi connectivity index (χ0) is 34.3. The SMILES string of the molecule is CC1(C)OC/C=C/[C@@H]2OC(=O)N(C3CCOCC3)C3C[C@@H](CN4COCCc5cc(Cl)ccc5COc5ccc(cc54)S(=O)(=O)NC1=O)[C@@H]32. The van der Waals surface area contributed by atoms with Crippen molar-refractivity contribution in [3.8, 4) is 5.75 Å². The predicted octanol–water partition coefficient (Wildman–Crippen LogP) is 4.43. The van der Waals surface area contributed by atoms with Gasteiger partial charge < -0.3 is 33.5 Å². The zero-order valence-electron chi connectivity index (χ0n) is 27.6. The molecule has 4 heterocycles. The summed E-state index contributed by atoms with van der Waals surface area (Å²) in [5, 5.41) is 0.621. The van der Waals surface area contributed by atoms with Crippen LogP contribution in [0.3, 0.4) is 0 Å². The van der Waals surface area contributed by atoms with E-state index in [-0.39, 0.29) is 54.9 Å². The quantitative estimate of drug-likeness (QED) is 0.423. The molecule has 1 N–H and O–H groups in total. The molecule has 2 aromatic rings. The molecule has 2 amide bonds. The number of carbonyl (C=O) groups is 2. The summed E-state index contributed by atoms with van der Waals surface area (Å²) in [6.07, 6.45) is 5.60. The Kier molecular flexibility index (Phi) is 9.57. The van der Waals surface area contributed by atoms with Crippen LogP contribution in [0.25, 0.3) is 0 Å². The highest BCUT2D eigenvalue weighted by Gasteiger charge is 2.56. The van der Waals surface area contributed by atoms with Gasteiger partial charge in [-0.05, 0) is 93.0 Å². The van der Waals surface area contributed by atoms with Gasteiger partial charge in [-0.1, -0.05) is 23.7 Å². The molecule has 7 rings (SSSR count). The molecule has 12 nitrogen and oxygen atoms in total. The van der Waals surface area contributed by atoms with Crippen molar-refractivity contribution in [2.24, 2.45) is 11.8 Å². The molecule has 2 bridgehead atoms. The van der Waals surface area contributed by atoms with E-state index in [9.17, 15) is 18.0 Å². The number of benzene rings is 2. The molecule has 4 aliphatic heterocycles. The third-order valence-electron chi connectivity index (χ3n) is 10.3. The highest BCUT2D eigenvalue weighted by atomic mass is 35.5. The molecule has 1 saturated carbocycles. The lowest BCUT2D eigenvalue weighted by Crippen LogP contribution is -2.67. The first-order valence-electron chi connectivity index (χ1n) is 16.8. The first-order valence-corrected chi connectivity index (χ1v) is 18.7. The third kappa shape index (κ3) is 7.01. The summed E-state index contributed by atoms with van der Waals surface area (Å²) < 4.78 is 59.6. The first-order chi connectivity index (χ1) is 23.5. The van der Waals surface area contributed by atoms with E-state index in [0.717, 1.165) is 30.4 Å². The number of nitrogens with zero attached hydrogens (tertiary/aromatic N) is 2. The van der Waals surface area contributed by atoms with Crippen LogP contribution in [-0.2, 0) is 46.8 Å². The fraction of sp³-hybridized carbons (Fsp3) is 0.543. The molecular weight excluding hydrogens is 674 g/mol. The van der Waals surface area contributed by atoms with Crippen LogP contribution in [0.15, 0.2) is 53.4 Å². The van der Waals surface area contributed by atoms with Crippen molar-refractivity contribution in [2.75, 3.05) is 44.6 Å². The van der Waals surface area contributed by atoms with Crippen molar-refractivity contribution in [1.29, 1.82) is 0 Å². The molecule has 3 fully saturated rings. The number of nitrogens with one attached hydrogen (secondary N) is 1. The number of rotatable bonds is 1. The number of halogens is 1. The molecule has 1 aliphatic carbocycles. The lowest BCUT2D eigenvalue weighted by Gasteiger charge is -2.58. The molecule has 0 radical (unpaired) electrons. The Balaban J connectivity index is 1.27. The maximum atomic E-state index is 13.6. The third-order valence-corrected chi connectivity index (χ3v) is 11.9. The Hall–Kier alpha value is -3.36. The zero-order valence-corrected chi connectivity index (χ0v) is 29.2. The summed E-state index contributed by atoms with van der Waals surface area (Å²) in [5.74, 6) is -0.320. The van der Waals surface area contributed by atoms with Crippen LogP contribution in [0.4, 0.5) is 10.5 Å². The lowest BCUT2D eigenvalue weighted by molar-refractivity contribution is -0.139. The summed E-state index contributed by atoms with van der Waals surface area (Å²) in [6, 6.07) is 10.2. The standard InChI is InChI=1S/C35H42ClN3O9S/c1-35(2)33(40)37-49(42,43)27-7-8-30-28(18-27)38(21-45-13-9-22-16-25(36)6-5-23(22)20-46-30)19-24-17-29-32(24)31(4-3-12-47-35)48-34(41)39(29)26-10-14-44-15-11-26/h3-8,16,18,24,26,29,31-32H,9-15,17,19-21H2,1-2H3,(H,37,40)/b4-3+/t24-,29?,31-,32-/m0/s1. The van der Waals surface area contributed by atoms with Gasteiger partial charge in [0.1, 0.15) is 30.8 Å². The number of carbonyl (C=O) groups excluding carboxylic acids is 2. The fourth-order valence-electron chi connectivity index (χ4n) is 7.50. The highest BCUT2D eigenvalue weighted by molar-refractivity contribution is 7.90. The summed E-state index contributed by atoms with van der Waals surface area (Å²) in [6.45, 7) is 5.51. The molecule has 5 aliphatic rings. The number of anilines is 1. The maximum absolute atomic E-state index is 13.6. The van der Waals surface area contributed by atoms with Crippen LogP contribution in [0, 0.1) is 11.8 Å². The van der Waals surface area contributed by atoms with E-state index >= 15 is 0 Å². The predicted molar refractivity (Wildman–Crippen MR) is 180 cm³/mol. The molecule has 2 aromatic carbocycles. The maximum Gasteiger partial charge on any atom is 0.410 e. The van der Waals surface area contributed by atoms with Crippen LogP contribution in [0.5, 0.6) is 5.75 Å². The Labute approximate surface area is 291 Å². The van der Waals surface area contributed by atoms with Gasteiger partial charge in [-0.15, -0.1) is 0 Å². The van der Waals surface area contributed by atoms with Crippen molar-refractivity contribution in [2.45, 2.75) is 74.8 Å². The number of ether oxygens (including phenoxy) is 5. The minimum Gasteiger partial charge on any atom is -0.487 e. The van der Waals surface area contributed by atoms with E-state index in [1.54, 1.807) is 12.1 Å². The van der Waals surface area contributed by atoms with E-state index in [1.165, 1.54) is 26.0 Å². The topological polar surface area (TPSA) is 133 Å². The molecule has 49 heavy (non-hydrogen) atoms. The minimum atomic E-state index is -4.29. The largest absolute Gasteiger partial charge is 0.487 e. The Morgan fingerprint density at radius 1 is 1.00 bits per heavy atom.